The van der Waals surface area contributed by atoms with E-state index in [4.69, 9.17) is 14.6 Å². The number of anilines is 1. The number of hydrogen-bond acceptors (Lipinski definition) is 7. The van der Waals surface area contributed by atoms with Crippen LogP contribution in [0.3, 0.4) is 0 Å². The lowest BCUT2D eigenvalue weighted by molar-refractivity contribution is -0.759. The van der Waals surface area contributed by atoms with Crippen molar-refractivity contribution in [1.29, 1.82) is 0 Å². The molecular weight excluding hydrogens is 432 g/mol. The zero-order valence-electron chi connectivity index (χ0n) is 17.6. The molecule has 32 heavy (non-hydrogen) atoms. The predicted octanol–water partition coefficient (Wildman–Crippen LogP) is 2.67. The van der Waals surface area contributed by atoms with Gasteiger partial charge in [-0.05, 0) is 47.7 Å². The van der Waals surface area contributed by atoms with Gasteiger partial charge in [-0.25, -0.2) is 4.79 Å². The van der Waals surface area contributed by atoms with Crippen LogP contribution >= 0.6 is 11.8 Å². The fraction of sp³-hybridized carbons (Fsp3) is 0.273. The molecule has 1 aliphatic heterocycles. The maximum absolute atomic E-state index is 13.0. The number of aliphatic carboxylic acids is 1. The van der Waals surface area contributed by atoms with Crippen LogP contribution in [0.1, 0.15) is 25.6 Å². The lowest BCUT2D eigenvalue weighted by atomic mass is 10.0. The average Bonchev–Trinajstić information content (AvgIpc) is 2.78. The number of aromatic nitrogens is 3. The highest BCUT2D eigenvalue weighted by Gasteiger charge is 2.38. The first-order valence-electron chi connectivity index (χ1n) is 10.2. The topological polar surface area (TPSA) is 117 Å². The van der Waals surface area contributed by atoms with E-state index in [-0.39, 0.29) is 5.56 Å². The highest BCUT2D eigenvalue weighted by molar-refractivity contribution is 7.99. The van der Waals surface area contributed by atoms with Gasteiger partial charge in [0.1, 0.15) is 0 Å². The largest absolute Gasteiger partial charge is 0.490 e. The summed E-state index contributed by atoms with van der Waals surface area (Å²) < 4.78 is 12.7. The first-order chi connectivity index (χ1) is 15.5. The van der Waals surface area contributed by atoms with E-state index in [9.17, 15) is 9.59 Å². The maximum Gasteiger partial charge on any atom is 0.341 e. The van der Waals surface area contributed by atoms with Crippen LogP contribution in [0.4, 0.5) is 5.69 Å². The summed E-state index contributed by atoms with van der Waals surface area (Å²) in [5.74, 6) is 0.444. The molecule has 4 rings (SSSR count). The van der Waals surface area contributed by atoms with E-state index in [1.165, 1.54) is 11.8 Å². The van der Waals surface area contributed by atoms with Crippen LogP contribution in [0.25, 0.3) is 11.3 Å². The normalized spacial score (nSPS) is 14.1. The number of aromatic amines is 1. The van der Waals surface area contributed by atoms with Gasteiger partial charge in [-0.3, -0.25) is 9.78 Å². The molecule has 0 aliphatic carbocycles. The van der Waals surface area contributed by atoms with Crippen molar-refractivity contribution in [2.45, 2.75) is 25.2 Å². The molecule has 2 heterocycles. The lowest BCUT2D eigenvalue weighted by Crippen LogP contribution is -2.55. The Kier molecular flexibility index (Phi) is 6.31. The first-order valence-corrected chi connectivity index (χ1v) is 11.2. The minimum atomic E-state index is -1.07. The number of nitrogens with one attached hydrogen (secondary N) is 2. The molecule has 166 valence electrons. The molecule has 0 saturated carbocycles. The lowest BCUT2D eigenvalue weighted by Gasteiger charge is -2.23. The smallest absolute Gasteiger partial charge is 0.341 e. The summed E-state index contributed by atoms with van der Waals surface area (Å²) in [5.41, 5.74) is 2.58. The van der Waals surface area contributed by atoms with Crippen molar-refractivity contribution in [1.82, 2.24) is 10.1 Å². The van der Waals surface area contributed by atoms with E-state index >= 15 is 0 Å². The Balaban J connectivity index is 1.83. The summed E-state index contributed by atoms with van der Waals surface area (Å²) in [6.45, 7) is 3.74. The third kappa shape index (κ3) is 4.26. The minimum absolute atomic E-state index is 0.221. The van der Waals surface area contributed by atoms with E-state index in [0.29, 0.717) is 29.0 Å². The van der Waals surface area contributed by atoms with E-state index in [2.05, 4.69) is 15.4 Å². The fourth-order valence-corrected chi connectivity index (χ4v) is 4.12. The molecule has 0 bridgehead atoms. The summed E-state index contributed by atoms with van der Waals surface area (Å²) in [6.07, 6.45) is -0.480. The molecule has 2 aromatic carbocycles. The van der Waals surface area contributed by atoms with Gasteiger partial charge in [-0.15, -0.1) is 0 Å². The van der Waals surface area contributed by atoms with Gasteiger partial charge < -0.3 is 19.9 Å². The second-order valence-electron chi connectivity index (χ2n) is 6.90. The molecule has 0 amide bonds. The van der Waals surface area contributed by atoms with Crippen molar-refractivity contribution >= 4 is 23.4 Å². The van der Waals surface area contributed by atoms with Gasteiger partial charge in [0.25, 0.3) is 6.17 Å². The quantitative estimate of drug-likeness (QED) is 0.351. The number of benzene rings is 2. The van der Waals surface area contributed by atoms with E-state index in [1.54, 1.807) is 22.9 Å². The molecule has 3 N–H and O–H groups in total. The molecule has 9 nitrogen and oxygen atoms in total. The highest BCUT2D eigenvalue weighted by atomic mass is 32.2. The Hall–Kier alpha value is -3.53. The van der Waals surface area contributed by atoms with Gasteiger partial charge in [0.15, 0.2) is 18.1 Å². The Morgan fingerprint density at radius 1 is 1.19 bits per heavy atom. The fourth-order valence-electron chi connectivity index (χ4n) is 3.54. The molecule has 0 unspecified atom stereocenters. The number of carboxylic acids is 1. The Morgan fingerprint density at radius 3 is 2.75 bits per heavy atom. The molecule has 1 atom stereocenters. The third-order valence-corrected chi connectivity index (χ3v) is 5.54. The Morgan fingerprint density at radius 2 is 2.00 bits per heavy atom. The standard InChI is InChI=1S/C22H22N4O5S/c1-3-30-17-11-13(9-10-16(17)31-12-18(27)28)20-23-15-8-6-5-7-14(15)19-21(29)24-22(32-4-2)25-26(19)20/h5-11,20H,3-4,12H2,1-2H3,(H2,24,25,27,28,29)/p+1/t20-/m1/s1. The highest BCUT2D eigenvalue weighted by Crippen LogP contribution is 2.35. The van der Waals surface area contributed by atoms with E-state index < -0.39 is 18.7 Å². The van der Waals surface area contributed by atoms with Crippen LogP contribution in [0, 0.1) is 0 Å². The van der Waals surface area contributed by atoms with Crippen molar-refractivity contribution in [3.05, 3.63) is 58.4 Å². The zero-order chi connectivity index (χ0) is 22.7. The molecule has 3 aromatic rings. The second kappa shape index (κ2) is 9.31. The number of carbonyl (C=O) groups is 1. The van der Waals surface area contributed by atoms with Crippen molar-refractivity contribution in [3.8, 4) is 22.8 Å². The van der Waals surface area contributed by atoms with Crippen molar-refractivity contribution < 1.29 is 24.1 Å². The van der Waals surface area contributed by atoms with Crippen LogP contribution in [0.5, 0.6) is 11.5 Å². The van der Waals surface area contributed by atoms with Gasteiger partial charge in [-0.1, -0.05) is 30.8 Å². The number of rotatable bonds is 8. The van der Waals surface area contributed by atoms with Crippen LogP contribution in [-0.2, 0) is 4.79 Å². The third-order valence-electron chi connectivity index (χ3n) is 4.80. The molecule has 0 spiro atoms. The Labute approximate surface area is 188 Å². The summed E-state index contributed by atoms with van der Waals surface area (Å²) in [5, 5.41) is 17.6. The summed E-state index contributed by atoms with van der Waals surface area (Å²) in [4.78, 5) is 26.8. The van der Waals surface area contributed by atoms with Crippen molar-refractivity contribution in [2.75, 3.05) is 24.3 Å². The van der Waals surface area contributed by atoms with Gasteiger partial charge in [0, 0.05) is 10.7 Å². The van der Waals surface area contributed by atoms with Crippen molar-refractivity contribution in [2.24, 2.45) is 0 Å². The molecule has 1 aromatic heterocycles. The van der Waals surface area contributed by atoms with Crippen LogP contribution < -0.4 is 25.0 Å². The summed E-state index contributed by atoms with van der Waals surface area (Å²) >= 11 is 1.45. The van der Waals surface area contributed by atoms with Gasteiger partial charge in [0.05, 0.1) is 17.9 Å². The van der Waals surface area contributed by atoms with Gasteiger partial charge >= 0.3 is 17.2 Å². The number of ether oxygens (including phenoxy) is 2. The molecule has 1 aliphatic rings. The predicted molar refractivity (Wildman–Crippen MR) is 119 cm³/mol. The maximum atomic E-state index is 13.0. The summed E-state index contributed by atoms with van der Waals surface area (Å²) in [7, 11) is 0. The molecule has 10 heteroatoms. The molecule has 0 fully saturated rings. The molecular formula is C22H23N4O5S+. The number of hydrogen-bond donors (Lipinski definition) is 3. The average molecular weight is 456 g/mol. The minimum Gasteiger partial charge on any atom is -0.490 e. The summed E-state index contributed by atoms with van der Waals surface area (Å²) in [6, 6.07) is 12.8. The number of para-hydroxylation sites is 1. The van der Waals surface area contributed by atoms with E-state index in [1.807, 2.05) is 38.1 Å². The number of H-pyrrole nitrogens is 1. The van der Waals surface area contributed by atoms with Gasteiger partial charge in [-0.2, -0.15) is 0 Å². The first kappa shape index (κ1) is 21.7. The molecule has 0 saturated heterocycles. The van der Waals surface area contributed by atoms with Crippen LogP contribution in [0.15, 0.2) is 52.4 Å². The van der Waals surface area contributed by atoms with Gasteiger partial charge in [0.2, 0.25) is 5.16 Å². The Bertz CT molecular complexity index is 1210. The zero-order valence-corrected chi connectivity index (χ0v) is 18.4. The van der Waals surface area contributed by atoms with Crippen LogP contribution in [-0.4, -0.2) is 40.1 Å². The number of carboxylic acid groups (broad SMARTS) is 1. The monoisotopic (exact) mass is 455 g/mol. The molecule has 0 radical (unpaired) electrons. The van der Waals surface area contributed by atoms with E-state index in [0.717, 1.165) is 22.6 Å². The van der Waals surface area contributed by atoms with Crippen LogP contribution in [0.2, 0.25) is 0 Å². The SMILES string of the molecule is CCOc1cc([C@@H]2Nc3ccccc3-c3c(=O)[nH]c(SCC)n[n+]32)ccc1OCC(=O)O. The number of nitrogens with zero attached hydrogens (tertiary/aromatic N) is 2. The van der Waals surface area contributed by atoms with Crippen molar-refractivity contribution in [3.63, 3.8) is 0 Å². The number of thioether (sulfide) groups is 1. The number of fused-ring (bicyclic) bond motifs is 3. The second-order valence-corrected chi connectivity index (χ2v) is 8.15.